The lowest BCUT2D eigenvalue weighted by Gasteiger charge is -2.22. The van der Waals surface area contributed by atoms with E-state index >= 15 is 0 Å². The summed E-state index contributed by atoms with van der Waals surface area (Å²) in [5, 5.41) is 4.13. The van der Waals surface area contributed by atoms with Crippen LogP contribution >= 0.6 is 11.6 Å². The van der Waals surface area contributed by atoms with Crippen molar-refractivity contribution in [3.63, 3.8) is 0 Å². The maximum absolute atomic E-state index is 6.03. The maximum Gasteiger partial charge on any atom is 0.0598 e. The molecule has 0 amide bonds. The zero-order valence-electron chi connectivity index (χ0n) is 11.9. The Labute approximate surface area is 125 Å². The minimum atomic E-state index is 0.773. The van der Waals surface area contributed by atoms with Gasteiger partial charge < -0.3 is 10.2 Å². The number of aromatic nitrogens is 1. The van der Waals surface area contributed by atoms with Crippen molar-refractivity contribution in [3.8, 4) is 0 Å². The molecule has 0 aliphatic heterocycles. The first-order valence-corrected chi connectivity index (χ1v) is 7.17. The van der Waals surface area contributed by atoms with Gasteiger partial charge in [0.25, 0.3) is 0 Å². The van der Waals surface area contributed by atoms with Gasteiger partial charge in [-0.05, 0) is 35.9 Å². The van der Waals surface area contributed by atoms with Crippen molar-refractivity contribution in [2.45, 2.75) is 20.0 Å². The van der Waals surface area contributed by atoms with Gasteiger partial charge in [0.15, 0.2) is 0 Å². The number of anilines is 1. The third-order valence-corrected chi connectivity index (χ3v) is 3.41. The van der Waals surface area contributed by atoms with E-state index in [2.05, 4.69) is 41.3 Å². The van der Waals surface area contributed by atoms with E-state index in [0.29, 0.717) is 0 Å². The van der Waals surface area contributed by atoms with E-state index in [1.807, 2.05) is 30.6 Å². The molecular weight excluding hydrogens is 270 g/mol. The number of nitrogens with zero attached hydrogens (tertiary/aromatic N) is 2. The average molecular weight is 290 g/mol. The molecule has 0 aliphatic rings. The molecule has 3 nitrogen and oxygen atoms in total. The lowest BCUT2D eigenvalue weighted by Crippen LogP contribution is -2.20. The lowest BCUT2D eigenvalue weighted by molar-refractivity contribution is 0.722. The van der Waals surface area contributed by atoms with Crippen molar-refractivity contribution < 1.29 is 0 Å². The summed E-state index contributed by atoms with van der Waals surface area (Å²) in [7, 11) is 2.08. The summed E-state index contributed by atoms with van der Waals surface area (Å²) < 4.78 is 0. The zero-order valence-corrected chi connectivity index (χ0v) is 12.7. The van der Waals surface area contributed by atoms with Gasteiger partial charge in [-0.3, -0.25) is 4.98 Å². The average Bonchev–Trinajstić information content (AvgIpc) is 2.45. The number of halogens is 1. The summed E-state index contributed by atoms with van der Waals surface area (Å²) in [6, 6.07) is 10.0. The van der Waals surface area contributed by atoms with Crippen LogP contribution in [0.3, 0.4) is 0 Å². The van der Waals surface area contributed by atoms with Crippen molar-refractivity contribution >= 4 is 17.3 Å². The second-order valence-corrected chi connectivity index (χ2v) is 5.21. The van der Waals surface area contributed by atoms with Crippen LogP contribution < -0.4 is 10.2 Å². The van der Waals surface area contributed by atoms with E-state index in [0.717, 1.165) is 30.3 Å². The van der Waals surface area contributed by atoms with Crippen LogP contribution in [0.1, 0.15) is 18.1 Å². The van der Waals surface area contributed by atoms with Crippen molar-refractivity contribution in [3.05, 3.63) is 58.9 Å². The predicted molar refractivity (Wildman–Crippen MR) is 85.2 cm³/mol. The van der Waals surface area contributed by atoms with Crippen LogP contribution in [0.15, 0.2) is 42.7 Å². The first-order chi connectivity index (χ1) is 9.70. The van der Waals surface area contributed by atoms with E-state index in [9.17, 15) is 0 Å². The topological polar surface area (TPSA) is 28.2 Å². The van der Waals surface area contributed by atoms with E-state index in [1.54, 1.807) is 0 Å². The standard InChI is InChI=1S/C16H20ClN3/c1-3-18-10-14-7-8-19-11-16(14)20(2)12-13-5-4-6-15(17)9-13/h4-9,11,18H,3,10,12H2,1-2H3. The predicted octanol–water partition coefficient (Wildman–Crippen LogP) is 3.48. The second-order valence-electron chi connectivity index (χ2n) is 4.77. The Morgan fingerprint density at radius 2 is 2.15 bits per heavy atom. The monoisotopic (exact) mass is 289 g/mol. The highest BCUT2D eigenvalue weighted by Gasteiger charge is 2.08. The molecule has 0 saturated heterocycles. The van der Waals surface area contributed by atoms with Gasteiger partial charge in [0.05, 0.1) is 11.9 Å². The highest BCUT2D eigenvalue weighted by Crippen LogP contribution is 2.20. The normalized spacial score (nSPS) is 10.6. The number of hydrogen-bond acceptors (Lipinski definition) is 3. The molecule has 4 heteroatoms. The number of nitrogens with one attached hydrogen (secondary N) is 1. The highest BCUT2D eigenvalue weighted by molar-refractivity contribution is 6.30. The van der Waals surface area contributed by atoms with Crippen molar-refractivity contribution in [2.24, 2.45) is 0 Å². The van der Waals surface area contributed by atoms with Gasteiger partial charge in [0.2, 0.25) is 0 Å². The molecule has 1 heterocycles. The largest absolute Gasteiger partial charge is 0.369 e. The summed E-state index contributed by atoms with van der Waals surface area (Å²) in [5.74, 6) is 0. The quantitative estimate of drug-likeness (QED) is 0.882. The lowest BCUT2D eigenvalue weighted by atomic mass is 10.1. The molecule has 0 radical (unpaired) electrons. The van der Waals surface area contributed by atoms with E-state index in [-0.39, 0.29) is 0 Å². The van der Waals surface area contributed by atoms with Gasteiger partial charge >= 0.3 is 0 Å². The minimum absolute atomic E-state index is 0.773. The molecule has 20 heavy (non-hydrogen) atoms. The van der Waals surface area contributed by atoms with E-state index in [1.165, 1.54) is 11.1 Å². The number of pyridine rings is 1. The van der Waals surface area contributed by atoms with Crippen molar-refractivity contribution in [1.82, 2.24) is 10.3 Å². The van der Waals surface area contributed by atoms with Gasteiger partial charge in [-0.15, -0.1) is 0 Å². The summed E-state index contributed by atoms with van der Waals surface area (Å²) >= 11 is 6.03. The molecule has 2 aromatic rings. The molecule has 0 saturated carbocycles. The molecule has 1 aromatic heterocycles. The minimum Gasteiger partial charge on any atom is -0.369 e. The fourth-order valence-corrected chi connectivity index (χ4v) is 2.38. The third kappa shape index (κ3) is 3.95. The second kappa shape index (κ2) is 7.27. The van der Waals surface area contributed by atoms with Crippen LogP contribution in [0.4, 0.5) is 5.69 Å². The Hall–Kier alpha value is -1.58. The van der Waals surface area contributed by atoms with E-state index in [4.69, 9.17) is 11.6 Å². The molecule has 1 aromatic carbocycles. The molecule has 0 unspecified atom stereocenters. The molecular formula is C16H20ClN3. The van der Waals surface area contributed by atoms with Crippen LogP contribution in [0.25, 0.3) is 0 Å². The Kier molecular flexibility index (Phi) is 5.39. The van der Waals surface area contributed by atoms with Crippen LogP contribution in [0.5, 0.6) is 0 Å². The van der Waals surface area contributed by atoms with Crippen molar-refractivity contribution in [2.75, 3.05) is 18.5 Å². The van der Waals surface area contributed by atoms with Crippen LogP contribution in [0, 0.1) is 0 Å². The van der Waals surface area contributed by atoms with Gasteiger partial charge in [-0.1, -0.05) is 30.7 Å². The van der Waals surface area contributed by atoms with Crippen LogP contribution in [-0.2, 0) is 13.1 Å². The van der Waals surface area contributed by atoms with E-state index < -0.39 is 0 Å². The Morgan fingerprint density at radius 1 is 1.30 bits per heavy atom. The summed E-state index contributed by atoms with van der Waals surface area (Å²) in [6.45, 7) is 4.73. The molecule has 0 aliphatic carbocycles. The molecule has 0 bridgehead atoms. The molecule has 0 fully saturated rings. The molecule has 106 valence electrons. The van der Waals surface area contributed by atoms with Crippen LogP contribution in [0.2, 0.25) is 5.02 Å². The smallest absolute Gasteiger partial charge is 0.0598 e. The number of benzene rings is 1. The molecule has 0 spiro atoms. The number of rotatable bonds is 6. The fourth-order valence-electron chi connectivity index (χ4n) is 2.16. The molecule has 0 atom stereocenters. The Morgan fingerprint density at radius 3 is 2.90 bits per heavy atom. The van der Waals surface area contributed by atoms with Gasteiger partial charge in [-0.2, -0.15) is 0 Å². The van der Waals surface area contributed by atoms with Crippen LogP contribution in [-0.4, -0.2) is 18.6 Å². The molecule has 1 N–H and O–H groups in total. The Bertz CT molecular complexity index is 557. The zero-order chi connectivity index (χ0) is 14.4. The summed E-state index contributed by atoms with van der Waals surface area (Å²) in [6.07, 6.45) is 3.75. The SMILES string of the molecule is CCNCc1ccncc1N(C)Cc1cccc(Cl)c1. The molecule has 2 rings (SSSR count). The van der Waals surface area contributed by atoms with Gasteiger partial charge in [-0.25, -0.2) is 0 Å². The first-order valence-electron chi connectivity index (χ1n) is 6.80. The maximum atomic E-state index is 6.03. The number of hydrogen-bond donors (Lipinski definition) is 1. The summed E-state index contributed by atoms with van der Waals surface area (Å²) in [4.78, 5) is 6.44. The van der Waals surface area contributed by atoms with Gasteiger partial charge in [0.1, 0.15) is 0 Å². The first kappa shape index (κ1) is 14.8. The summed E-state index contributed by atoms with van der Waals surface area (Å²) in [5.41, 5.74) is 3.60. The van der Waals surface area contributed by atoms with Crippen molar-refractivity contribution in [1.29, 1.82) is 0 Å². The fraction of sp³-hybridized carbons (Fsp3) is 0.312. The Balaban J connectivity index is 2.14. The van der Waals surface area contributed by atoms with Gasteiger partial charge in [0, 0.05) is 31.4 Å². The third-order valence-electron chi connectivity index (χ3n) is 3.17. The highest BCUT2D eigenvalue weighted by atomic mass is 35.5.